The van der Waals surface area contributed by atoms with Gasteiger partial charge in [-0.3, -0.25) is 9.36 Å². The molecule has 3 aromatic rings. The van der Waals surface area contributed by atoms with E-state index in [1.165, 1.54) is 5.56 Å². The first-order valence-corrected chi connectivity index (χ1v) is 10.6. The zero-order valence-corrected chi connectivity index (χ0v) is 16.5. The topological polar surface area (TPSA) is 44.1 Å². The fourth-order valence-electron chi connectivity index (χ4n) is 3.34. The Morgan fingerprint density at radius 3 is 2.85 bits per heavy atom. The highest BCUT2D eigenvalue weighted by atomic mass is 35.5. The molecule has 0 amide bonds. The molecule has 1 aliphatic rings. The molecule has 6 heteroatoms. The second kappa shape index (κ2) is 8.46. The highest BCUT2D eigenvalue weighted by Crippen LogP contribution is 2.23. The van der Waals surface area contributed by atoms with Gasteiger partial charge in [-0.25, -0.2) is 4.98 Å². The summed E-state index contributed by atoms with van der Waals surface area (Å²) in [6, 6.07) is 15.6. The van der Waals surface area contributed by atoms with E-state index in [1.807, 2.05) is 18.2 Å². The zero-order chi connectivity index (χ0) is 18.6. The Kier molecular flexibility index (Phi) is 5.81. The highest BCUT2D eigenvalue weighted by Gasteiger charge is 2.20. The number of ether oxygens (including phenoxy) is 1. The number of hydrogen-bond acceptors (Lipinski definition) is 4. The normalized spacial score (nSPS) is 16.9. The van der Waals surface area contributed by atoms with Crippen LogP contribution < -0.4 is 5.56 Å². The summed E-state index contributed by atoms with van der Waals surface area (Å²) in [6.07, 6.45) is 3.04. The van der Waals surface area contributed by atoms with Gasteiger partial charge >= 0.3 is 0 Å². The lowest BCUT2D eigenvalue weighted by molar-refractivity contribution is 0.0937. The minimum absolute atomic E-state index is 0.0191. The summed E-state index contributed by atoms with van der Waals surface area (Å²) in [5.74, 6) is 0.855. The molecule has 4 rings (SSSR count). The number of halogens is 1. The van der Waals surface area contributed by atoms with Crippen molar-refractivity contribution in [3.8, 4) is 0 Å². The van der Waals surface area contributed by atoms with Crippen LogP contribution in [-0.2, 0) is 17.7 Å². The van der Waals surface area contributed by atoms with Crippen molar-refractivity contribution in [3.63, 3.8) is 0 Å². The second-order valence-electron chi connectivity index (χ2n) is 6.69. The van der Waals surface area contributed by atoms with Crippen LogP contribution >= 0.6 is 23.4 Å². The average Bonchev–Trinajstić information content (AvgIpc) is 3.18. The molecule has 1 atom stereocenters. The number of benzene rings is 2. The fraction of sp³-hybridized carbons (Fsp3) is 0.333. The Labute approximate surface area is 167 Å². The van der Waals surface area contributed by atoms with Gasteiger partial charge in [0, 0.05) is 17.4 Å². The third-order valence-electron chi connectivity index (χ3n) is 4.76. The lowest BCUT2D eigenvalue weighted by Crippen LogP contribution is -2.29. The van der Waals surface area contributed by atoms with Crippen molar-refractivity contribution in [3.05, 3.63) is 69.5 Å². The molecule has 1 fully saturated rings. The first kappa shape index (κ1) is 18.5. The first-order valence-electron chi connectivity index (χ1n) is 9.19. The Morgan fingerprint density at radius 2 is 2.07 bits per heavy atom. The number of fused-ring (bicyclic) bond motifs is 1. The molecule has 27 heavy (non-hydrogen) atoms. The van der Waals surface area contributed by atoms with Crippen molar-refractivity contribution < 1.29 is 4.74 Å². The maximum Gasteiger partial charge on any atom is 0.262 e. The van der Waals surface area contributed by atoms with Crippen molar-refractivity contribution in [1.29, 1.82) is 0 Å². The molecular weight excluding hydrogens is 380 g/mol. The van der Waals surface area contributed by atoms with Crippen molar-refractivity contribution in [2.45, 2.75) is 37.1 Å². The summed E-state index contributed by atoms with van der Waals surface area (Å²) in [7, 11) is 0. The van der Waals surface area contributed by atoms with Crippen molar-refractivity contribution in [2.24, 2.45) is 0 Å². The fourth-order valence-corrected chi connectivity index (χ4v) is 4.50. The molecule has 0 unspecified atom stereocenters. The second-order valence-corrected chi connectivity index (χ2v) is 8.19. The van der Waals surface area contributed by atoms with Gasteiger partial charge < -0.3 is 4.74 Å². The van der Waals surface area contributed by atoms with Crippen LogP contribution in [0.1, 0.15) is 18.4 Å². The van der Waals surface area contributed by atoms with E-state index in [-0.39, 0.29) is 11.7 Å². The maximum absolute atomic E-state index is 13.1. The van der Waals surface area contributed by atoms with E-state index >= 15 is 0 Å². The van der Waals surface area contributed by atoms with E-state index < -0.39 is 0 Å². The van der Waals surface area contributed by atoms with Crippen molar-refractivity contribution in [2.75, 3.05) is 12.4 Å². The van der Waals surface area contributed by atoms with Gasteiger partial charge in [-0.05, 0) is 43.0 Å². The van der Waals surface area contributed by atoms with Gasteiger partial charge in [0.2, 0.25) is 0 Å². The third kappa shape index (κ3) is 4.37. The summed E-state index contributed by atoms with van der Waals surface area (Å²) in [4.78, 5) is 17.8. The molecule has 2 aromatic carbocycles. The van der Waals surface area contributed by atoms with Crippen LogP contribution in [0.4, 0.5) is 0 Å². The molecule has 4 nitrogen and oxygen atoms in total. The van der Waals surface area contributed by atoms with Crippen molar-refractivity contribution >= 4 is 34.3 Å². The SMILES string of the molecule is O=c1c2ccc(Cl)cc2nc(SCCc2ccccc2)n1C[C@@H]1CCCO1. The predicted molar refractivity (Wildman–Crippen MR) is 111 cm³/mol. The van der Waals surface area contributed by atoms with E-state index in [2.05, 4.69) is 12.1 Å². The summed E-state index contributed by atoms with van der Waals surface area (Å²) in [6.45, 7) is 1.32. The largest absolute Gasteiger partial charge is 0.376 e. The summed E-state index contributed by atoms with van der Waals surface area (Å²) in [5, 5.41) is 1.93. The van der Waals surface area contributed by atoms with Crippen LogP contribution in [0.3, 0.4) is 0 Å². The van der Waals surface area contributed by atoms with E-state index in [0.29, 0.717) is 22.5 Å². The van der Waals surface area contributed by atoms with E-state index in [4.69, 9.17) is 21.3 Å². The van der Waals surface area contributed by atoms with Crippen LogP contribution in [0, 0.1) is 0 Å². The summed E-state index contributed by atoms with van der Waals surface area (Å²) in [5.41, 5.74) is 1.91. The minimum atomic E-state index is -0.0191. The smallest absolute Gasteiger partial charge is 0.262 e. The van der Waals surface area contributed by atoms with Gasteiger partial charge in [0.1, 0.15) is 0 Å². The zero-order valence-electron chi connectivity index (χ0n) is 14.9. The molecule has 1 aliphatic heterocycles. The van der Waals surface area contributed by atoms with Crippen LogP contribution in [-0.4, -0.2) is 28.0 Å². The monoisotopic (exact) mass is 400 g/mol. The average molecular weight is 401 g/mol. The van der Waals surface area contributed by atoms with Gasteiger partial charge in [-0.2, -0.15) is 0 Å². The third-order valence-corrected chi connectivity index (χ3v) is 5.97. The predicted octanol–water partition coefficient (Wildman–Crippen LogP) is 4.56. The molecular formula is C21H21ClN2O2S. The lowest BCUT2D eigenvalue weighted by Gasteiger charge is -2.16. The van der Waals surface area contributed by atoms with E-state index in [1.54, 1.807) is 34.5 Å². The standard InChI is InChI=1S/C21H21ClN2O2S/c22-16-8-9-18-19(13-16)23-21(27-12-10-15-5-2-1-3-6-15)24(20(18)25)14-17-7-4-11-26-17/h1-3,5-6,8-9,13,17H,4,7,10-12,14H2/t17-/m0/s1. The molecule has 0 N–H and O–H groups in total. The van der Waals surface area contributed by atoms with E-state index in [0.717, 1.165) is 36.8 Å². The maximum atomic E-state index is 13.1. The number of rotatable bonds is 6. The van der Waals surface area contributed by atoms with Crippen LogP contribution in [0.5, 0.6) is 0 Å². The molecule has 0 spiro atoms. The van der Waals surface area contributed by atoms with E-state index in [9.17, 15) is 4.79 Å². The van der Waals surface area contributed by atoms with Gasteiger partial charge in [0.05, 0.1) is 23.6 Å². The number of aryl methyl sites for hydroxylation is 1. The Balaban J connectivity index is 1.64. The number of hydrogen-bond donors (Lipinski definition) is 0. The number of aromatic nitrogens is 2. The minimum Gasteiger partial charge on any atom is -0.376 e. The number of nitrogens with zero attached hydrogens (tertiary/aromatic N) is 2. The molecule has 1 aromatic heterocycles. The highest BCUT2D eigenvalue weighted by molar-refractivity contribution is 7.99. The van der Waals surface area contributed by atoms with Crippen LogP contribution in [0.2, 0.25) is 5.02 Å². The number of thioether (sulfide) groups is 1. The Bertz CT molecular complexity index is 985. The van der Waals surface area contributed by atoms with Gasteiger partial charge in [-0.15, -0.1) is 0 Å². The molecule has 0 bridgehead atoms. The van der Waals surface area contributed by atoms with Gasteiger partial charge in [0.15, 0.2) is 5.16 Å². The van der Waals surface area contributed by atoms with Crippen molar-refractivity contribution in [1.82, 2.24) is 9.55 Å². The van der Waals surface area contributed by atoms with Crippen LogP contribution in [0.15, 0.2) is 58.5 Å². The molecule has 2 heterocycles. The lowest BCUT2D eigenvalue weighted by atomic mass is 10.2. The summed E-state index contributed by atoms with van der Waals surface area (Å²) >= 11 is 7.72. The Hall–Kier alpha value is -1.82. The Morgan fingerprint density at radius 1 is 1.22 bits per heavy atom. The summed E-state index contributed by atoms with van der Waals surface area (Å²) < 4.78 is 7.53. The molecule has 140 valence electrons. The molecule has 0 saturated carbocycles. The van der Waals surface area contributed by atoms with Gasteiger partial charge in [-0.1, -0.05) is 53.7 Å². The quantitative estimate of drug-likeness (QED) is 0.449. The van der Waals surface area contributed by atoms with Crippen LogP contribution in [0.25, 0.3) is 10.9 Å². The molecule has 0 aliphatic carbocycles. The molecule has 1 saturated heterocycles. The van der Waals surface area contributed by atoms with Gasteiger partial charge in [0.25, 0.3) is 5.56 Å². The molecule has 0 radical (unpaired) electrons. The first-order chi connectivity index (χ1) is 13.2.